The van der Waals surface area contributed by atoms with E-state index in [0.717, 1.165) is 12.8 Å². The van der Waals surface area contributed by atoms with E-state index in [1.54, 1.807) is 15.2 Å². The second kappa shape index (κ2) is 5.12. The number of hydrogen-bond acceptors (Lipinski definition) is 3. The van der Waals surface area contributed by atoms with Gasteiger partial charge >= 0.3 is 0 Å². The van der Waals surface area contributed by atoms with E-state index in [9.17, 15) is 8.42 Å². The van der Waals surface area contributed by atoms with Crippen LogP contribution in [0.15, 0.2) is 47.6 Å². The SMILES string of the molecule is CC(C)n1cc(S(=O)(=O)N(c2ccccc2)C2(C)CC2)cn1. The fourth-order valence-corrected chi connectivity index (χ4v) is 4.32. The van der Waals surface area contributed by atoms with Crippen LogP contribution in [0.5, 0.6) is 0 Å². The van der Waals surface area contributed by atoms with Gasteiger partial charge in [0.25, 0.3) is 10.0 Å². The van der Waals surface area contributed by atoms with Crippen molar-refractivity contribution < 1.29 is 8.42 Å². The van der Waals surface area contributed by atoms with Crippen LogP contribution in [0.2, 0.25) is 0 Å². The average molecular weight is 319 g/mol. The first-order chi connectivity index (χ1) is 10.3. The summed E-state index contributed by atoms with van der Waals surface area (Å²) in [5.74, 6) is 0. The van der Waals surface area contributed by atoms with Gasteiger partial charge in [-0.15, -0.1) is 0 Å². The van der Waals surface area contributed by atoms with Gasteiger partial charge in [-0.1, -0.05) is 18.2 Å². The zero-order valence-corrected chi connectivity index (χ0v) is 13.9. The van der Waals surface area contributed by atoms with Crippen LogP contribution >= 0.6 is 0 Å². The van der Waals surface area contributed by atoms with Crippen molar-refractivity contribution in [3.8, 4) is 0 Å². The number of rotatable bonds is 5. The van der Waals surface area contributed by atoms with Gasteiger partial charge in [0.15, 0.2) is 0 Å². The quantitative estimate of drug-likeness (QED) is 0.850. The van der Waals surface area contributed by atoms with E-state index < -0.39 is 10.0 Å². The second-order valence-corrected chi connectivity index (χ2v) is 8.14. The number of para-hydroxylation sites is 1. The number of hydrogen-bond donors (Lipinski definition) is 0. The predicted molar refractivity (Wildman–Crippen MR) is 86.4 cm³/mol. The van der Waals surface area contributed by atoms with Gasteiger partial charge < -0.3 is 0 Å². The van der Waals surface area contributed by atoms with Gasteiger partial charge in [0.05, 0.1) is 17.4 Å². The van der Waals surface area contributed by atoms with Gasteiger partial charge in [-0.3, -0.25) is 8.99 Å². The second-order valence-electron chi connectivity index (χ2n) is 6.35. The third-order valence-electron chi connectivity index (χ3n) is 4.10. The minimum atomic E-state index is -3.61. The number of sulfonamides is 1. The van der Waals surface area contributed by atoms with Crippen molar-refractivity contribution >= 4 is 15.7 Å². The van der Waals surface area contributed by atoms with Crippen LogP contribution in [-0.2, 0) is 10.0 Å². The first-order valence-electron chi connectivity index (χ1n) is 7.49. The normalized spacial score (nSPS) is 16.7. The van der Waals surface area contributed by atoms with E-state index in [1.807, 2.05) is 51.1 Å². The Morgan fingerprint density at radius 3 is 2.36 bits per heavy atom. The summed E-state index contributed by atoms with van der Waals surface area (Å²) >= 11 is 0. The molecule has 0 saturated heterocycles. The Kier molecular flexibility index (Phi) is 3.51. The molecule has 1 aliphatic carbocycles. The van der Waals surface area contributed by atoms with Crippen molar-refractivity contribution in [3.63, 3.8) is 0 Å². The van der Waals surface area contributed by atoms with E-state index >= 15 is 0 Å². The molecule has 1 aromatic heterocycles. The number of aromatic nitrogens is 2. The van der Waals surface area contributed by atoms with Crippen LogP contribution in [0.25, 0.3) is 0 Å². The molecule has 1 saturated carbocycles. The maximum atomic E-state index is 13.1. The van der Waals surface area contributed by atoms with Crippen molar-refractivity contribution in [2.75, 3.05) is 4.31 Å². The number of anilines is 1. The molecule has 1 fully saturated rings. The molecule has 1 heterocycles. The van der Waals surface area contributed by atoms with E-state index in [2.05, 4.69) is 5.10 Å². The molecule has 22 heavy (non-hydrogen) atoms. The molecule has 0 spiro atoms. The minimum absolute atomic E-state index is 0.130. The maximum absolute atomic E-state index is 13.1. The lowest BCUT2D eigenvalue weighted by atomic mass is 10.2. The molecule has 6 heteroatoms. The van der Waals surface area contributed by atoms with Crippen LogP contribution < -0.4 is 4.31 Å². The Morgan fingerprint density at radius 1 is 1.23 bits per heavy atom. The highest BCUT2D eigenvalue weighted by molar-refractivity contribution is 7.93. The molecule has 118 valence electrons. The van der Waals surface area contributed by atoms with E-state index in [-0.39, 0.29) is 16.5 Å². The summed E-state index contributed by atoms with van der Waals surface area (Å²) in [7, 11) is -3.61. The van der Waals surface area contributed by atoms with Crippen LogP contribution in [0.4, 0.5) is 5.69 Å². The van der Waals surface area contributed by atoms with Gasteiger partial charge in [-0.2, -0.15) is 5.10 Å². The predicted octanol–water partition coefficient (Wildman–Crippen LogP) is 3.21. The zero-order valence-electron chi connectivity index (χ0n) is 13.1. The molecule has 0 unspecified atom stereocenters. The summed E-state index contributed by atoms with van der Waals surface area (Å²) in [5.41, 5.74) is 0.375. The highest BCUT2D eigenvalue weighted by Crippen LogP contribution is 2.46. The fraction of sp³-hybridized carbons (Fsp3) is 0.438. The topological polar surface area (TPSA) is 55.2 Å². The van der Waals surface area contributed by atoms with Crippen LogP contribution in [0.3, 0.4) is 0 Å². The molecule has 5 nitrogen and oxygen atoms in total. The van der Waals surface area contributed by atoms with Crippen molar-refractivity contribution in [3.05, 3.63) is 42.7 Å². The van der Waals surface area contributed by atoms with Gasteiger partial charge in [-0.25, -0.2) is 8.42 Å². The summed E-state index contributed by atoms with van der Waals surface area (Å²) < 4.78 is 29.5. The van der Waals surface area contributed by atoms with Gasteiger partial charge in [-0.05, 0) is 45.7 Å². The van der Waals surface area contributed by atoms with E-state index in [4.69, 9.17) is 0 Å². The Morgan fingerprint density at radius 2 is 1.86 bits per heavy atom. The summed E-state index contributed by atoms with van der Waals surface area (Å²) in [4.78, 5) is 0.248. The first-order valence-corrected chi connectivity index (χ1v) is 8.93. The molecule has 3 rings (SSSR count). The third-order valence-corrected chi connectivity index (χ3v) is 6.04. The summed E-state index contributed by atoms with van der Waals surface area (Å²) in [6, 6.07) is 9.43. The average Bonchev–Trinajstić information content (AvgIpc) is 3.02. The molecule has 2 aromatic rings. The largest absolute Gasteiger partial charge is 0.269 e. The number of benzene rings is 1. The van der Waals surface area contributed by atoms with Crippen LogP contribution in [0.1, 0.15) is 39.7 Å². The summed E-state index contributed by atoms with van der Waals surface area (Å²) in [5, 5.41) is 4.17. The highest BCUT2D eigenvalue weighted by Gasteiger charge is 2.49. The lowest BCUT2D eigenvalue weighted by molar-refractivity contribution is 0.531. The van der Waals surface area contributed by atoms with Crippen molar-refractivity contribution in [1.29, 1.82) is 0 Å². The van der Waals surface area contributed by atoms with Crippen LogP contribution in [-0.4, -0.2) is 23.7 Å². The van der Waals surface area contributed by atoms with Crippen molar-refractivity contribution in [1.82, 2.24) is 9.78 Å². The number of nitrogens with zero attached hydrogens (tertiary/aromatic N) is 3. The molecular weight excluding hydrogens is 298 g/mol. The van der Waals surface area contributed by atoms with Crippen LogP contribution in [0, 0.1) is 0 Å². The molecule has 0 N–H and O–H groups in total. The fourth-order valence-electron chi connectivity index (χ4n) is 2.53. The molecule has 0 bridgehead atoms. The Labute approximate surface area is 131 Å². The summed E-state index contributed by atoms with van der Waals surface area (Å²) in [6.07, 6.45) is 4.80. The maximum Gasteiger partial charge on any atom is 0.267 e. The van der Waals surface area contributed by atoms with Crippen molar-refractivity contribution in [2.45, 2.75) is 50.1 Å². The van der Waals surface area contributed by atoms with E-state index in [0.29, 0.717) is 5.69 Å². The summed E-state index contributed by atoms with van der Waals surface area (Å²) in [6.45, 7) is 5.94. The molecular formula is C16H21N3O2S. The Hall–Kier alpha value is -1.82. The first kappa shape index (κ1) is 15.1. The van der Waals surface area contributed by atoms with E-state index in [1.165, 1.54) is 6.20 Å². The third kappa shape index (κ3) is 2.52. The molecule has 0 amide bonds. The van der Waals surface area contributed by atoms with Gasteiger partial charge in [0.1, 0.15) is 4.90 Å². The molecule has 0 radical (unpaired) electrons. The Balaban J connectivity index is 2.07. The monoisotopic (exact) mass is 319 g/mol. The Bertz CT molecular complexity index is 762. The van der Waals surface area contributed by atoms with Gasteiger partial charge in [0.2, 0.25) is 0 Å². The molecule has 1 aliphatic rings. The lowest BCUT2D eigenvalue weighted by Gasteiger charge is -2.30. The lowest BCUT2D eigenvalue weighted by Crippen LogP contribution is -2.40. The zero-order chi connectivity index (χ0) is 16.0. The van der Waals surface area contributed by atoms with Gasteiger partial charge in [0, 0.05) is 12.2 Å². The minimum Gasteiger partial charge on any atom is -0.269 e. The van der Waals surface area contributed by atoms with Crippen molar-refractivity contribution in [2.24, 2.45) is 0 Å². The molecule has 0 atom stereocenters. The smallest absolute Gasteiger partial charge is 0.267 e. The molecule has 1 aromatic carbocycles. The highest BCUT2D eigenvalue weighted by atomic mass is 32.2. The molecule has 0 aliphatic heterocycles. The standard InChI is InChI=1S/C16H21N3O2S/c1-13(2)18-12-15(11-17-18)22(20,21)19(16(3)9-10-16)14-7-5-4-6-8-14/h4-8,11-13H,9-10H2,1-3H3.